The first kappa shape index (κ1) is 22.7. The van der Waals surface area contributed by atoms with Gasteiger partial charge in [0.05, 0.1) is 30.9 Å². The summed E-state index contributed by atoms with van der Waals surface area (Å²) >= 11 is 0. The van der Waals surface area contributed by atoms with Crippen molar-refractivity contribution >= 4 is 21.6 Å². The molecule has 0 aliphatic carbocycles. The first-order valence-corrected chi connectivity index (χ1v) is 10.6. The Bertz CT molecular complexity index is 884. The zero-order valence-electron chi connectivity index (χ0n) is 16.5. The highest BCUT2D eigenvalue weighted by atomic mass is 32.2. The molecule has 0 aromatic heterocycles. The lowest BCUT2D eigenvalue weighted by atomic mass is 10.2. The van der Waals surface area contributed by atoms with Crippen LogP contribution in [0.3, 0.4) is 0 Å². The standard InChI is InChI=1S/C20H26N2O6S/c1-26-14-15-28-13-5-12-21-20(23)16-8-10-17(11-9-16)29(24,25)22-18-6-3-4-7-19(18)27-2/h3-4,6-11,22H,5,12-15H2,1-2H3,(H,21,23). The van der Waals surface area contributed by atoms with E-state index in [1.165, 1.54) is 31.4 Å². The third-order valence-electron chi connectivity index (χ3n) is 3.96. The second kappa shape index (κ2) is 11.4. The number of carbonyl (C=O) groups is 1. The minimum absolute atomic E-state index is 0.0477. The van der Waals surface area contributed by atoms with Crippen molar-refractivity contribution in [1.29, 1.82) is 0 Å². The molecule has 0 unspecified atom stereocenters. The van der Waals surface area contributed by atoms with Gasteiger partial charge in [-0.25, -0.2) is 8.42 Å². The van der Waals surface area contributed by atoms with E-state index in [0.717, 1.165) is 0 Å². The van der Waals surface area contributed by atoms with E-state index in [-0.39, 0.29) is 10.8 Å². The van der Waals surface area contributed by atoms with Crippen LogP contribution in [0.1, 0.15) is 16.8 Å². The van der Waals surface area contributed by atoms with E-state index in [0.29, 0.717) is 49.8 Å². The van der Waals surface area contributed by atoms with Crippen LogP contribution in [0.4, 0.5) is 5.69 Å². The molecule has 9 heteroatoms. The van der Waals surface area contributed by atoms with Gasteiger partial charge < -0.3 is 19.5 Å². The molecule has 0 saturated heterocycles. The molecule has 8 nitrogen and oxygen atoms in total. The fraction of sp³-hybridized carbons (Fsp3) is 0.350. The summed E-state index contributed by atoms with van der Waals surface area (Å²) in [6, 6.07) is 12.4. The Morgan fingerprint density at radius 3 is 2.38 bits per heavy atom. The number of hydrogen-bond donors (Lipinski definition) is 2. The second-order valence-corrected chi connectivity index (χ2v) is 7.73. The first-order valence-electron chi connectivity index (χ1n) is 9.08. The van der Waals surface area contributed by atoms with E-state index >= 15 is 0 Å². The predicted octanol–water partition coefficient (Wildman–Crippen LogP) is 2.28. The van der Waals surface area contributed by atoms with Gasteiger partial charge in [0, 0.05) is 25.8 Å². The van der Waals surface area contributed by atoms with Gasteiger partial charge in [0.15, 0.2) is 0 Å². The molecule has 0 bridgehead atoms. The molecule has 2 N–H and O–H groups in total. The number of benzene rings is 2. The molecular weight excluding hydrogens is 396 g/mol. The Morgan fingerprint density at radius 2 is 1.69 bits per heavy atom. The number of ether oxygens (including phenoxy) is 3. The molecule has 0 saturated carbocycles. The summed E-state index contributed by atoms with van der Waals surface area (Å²) in [5.74, 6) is 0.141. The van der Waals surface area contributed by atoms with Gasteiger partial charge in [-0.2, -0.15) is 0 Å². The smallest absolute Gasteiger partial charge is 0.262 e. The number of amides is 1. The van der Waals surface area contributed by atoms with E-state index in [1.54, 1.807) is 31.4 Å². The van der Waals surface area contributed by atoms with Gasteiger partial charge in [-0.3, -0.25) is 9.52 Å². The summed E-state index contributed by atoms with van der Waals surface area (Å²) < 4.78 is 43.0. The Labute approximate surface area is 171 Å². The van der Waals surface area contributed by atoms with E-state index in [1.807, 2.05) is 0 Å². The summed E-state index contributed by atoms with van der Waals surface area (Å²) in [6.45, 7) is 2.04. The molecule has 0 atom stereocenters. The number of para-hydroxylation sites is 2. The Balaban J connectivity index is 1.90. The Hall–Kier alpha value is -2.62. The highest BCUT2D eigenvalue weighted by Gasteiger charge is 2.17. The molecule has 158 valence electrons. The molecule has 0 fully saturated rings. The topological polar surface area (TPSA) is 103 Å². The highest BCUT2D eigenvalue weighted by molar-refractivity contribution is 7.92. The van der Waals surface area contributed by atoms with E-state index in [4.69, 9.17) is 14.2 Å². The number of methoxy groups -OCH3 is 2. The van der Waals surface area contributed by atoms with Gasteiger partial charge in [-0.05, 0) is 42.8 Å². The third kappa shape index (κ3) is 7.04. The number of anilines is 1. The molecule has 2 aromatic rings. The van der Waals surface area contributed by atoms with Crippen LogP contribution in [-0.4, -0.2) is 54.9 Å². The first-order chi connectivity index (χ1) is 14.0. The summed E-state index contributed by atoms with van der Waals surface area (Å²) in [4.78, 5) is 12.2. The maximum atomic E-state index is 12.6. The number of rotatable bonds is 12. The average Bonchev–Trinajstić information content (AvgIpc) is 2.73. The van der Waals surface area contributed by atoms with Gasteiger partial charge in [0.2, 0.25) is 0 Å². The van der Waals surface area contributed by atoms with Crippen molar-refractivity contribution in [3.63, 3.8) is 0 Å². The number of hydrogen-bond acceptors (Lipinski definition) is 6. The fourth-order valence-electron chi connectivity index (χ4n) is 2.44. The molecule has 0 radical (unpaired) electrons. The molecule has 2 aromatic carbocycles. The molecular formula is C20H26N2O6S. The summed E-state index contributed by atoms with van der Waals surface area (Å²) in [7, 11) is -0.738. The van der Waals surface area contributed by atoms with Crippen molar-refractivity contribution in [2.24, 2.45) is 0 Å². The number of nitrogens with one attached hydrogen (secondary N) is 2. The van der Waals surface area contributed by atoms with Crippen LogP contribution in [0, 0.1) is 0 Å². The highest BCUT2D eigenvalue weighted by Crippen LogP contribution is 2.26. The quantitative estimate of drug-likeness (QED) is 0.509. The van der Waals surface area contributed by atoms with Crippen LogP contribution in [0.5, 0.6) is 5.75 Å². The molecule has 0 aliphatic rings. The molecule has 2 rings (SSSR count). The Morgan fingerprint density at radius 1 is 0.966 bits per heavy atom. The molecule has 0 spiro atoms. The van der Waals surface area contributed by atoms with E-state index in [2.05, 4.69) is 10.0 Å². The monoisotopic (exact) mass is 422 g/mol. The van der Waals surface area contributed by atoms with Crippen molar-refractivity contribution in [3.05, 3.63) is 54.1 Å². The minimum Gasteiger partial charge on any atom is -0.495 e. The van der Waals surface area contributed by atoms with Gasteiger partial charge in [-0.15, -0.1) is 0 Å². The SMILES string of the molecule is COCCOCCCNC(=O)c1ccc(S(=O)(=O)Nc2ccccc2OC)cc1. The van der Waals surface area contributed by atoms with Gasteiger partial charge >= 0.3 is 0 Å². The maximum absolute atomic E-state index is 12.6. The predicted molar refractivity (Wildman–Crippen MR) is 110 cm³/mol. The van der Waals surface area contributed by atoms with Crippen LogP contribution < -0.4 is 14.8 Å². The molecule has 0 heterocycles. The van der Waals surface area contributed by atoms with E-state index in [9.17, 15) is 13.2 Å². The van der Waals surface area contributed by atoms with Crippen molar-refractivity contribution < 1.29 is 27.4 Å². The lowest BCUT2D eigenvalue weighted by Gasteiger charge is -2.12. The van der Waals surface area contributed by atoms with Crippen molar-refractivity contribution in [2.45, 2.75) is 11.3 Å². The lowest BCUT2D eigenvalue weighted by molar-refractivity contribution is 0.0688. The van der Waals surface area contributed by atoms with Crippen LogP contribution >= 0.6 is 0 Å². The normalized spacial score (nSPS) is 11.1. The van der Waals surface area contributed by atoms with Crippen molar-refractivity contribution in [2.75, 3.05) is 45.3 Å². The van der Waals surface area contributed by atoms with Gasteiger partial charge in [-0.1, -0.05) is 12.1 Å². The summed E-state index contributed by atoms with van der Waals surface area (Å²) in [5, 5.41) is 2.77. The van der Waals surface area contributed by atoms with Crippen LogP contribution in [-0.2, 0) is 19.5 Å². The molecule has 0 aliphatic heterocycles. The van der Waals surface area contributed by atoms with Gasteiger partial charge in [0.1, 0.15) is 5.75 Å². The zero-order valence-corrected chi connectivity index (χ0v) is 17.3. The average molecular weight is 423 g/mol. The Kier molecular flexibility index (Phi) is 8.91. The zero-order chi connectivity index (χ0) is 21.1. The minimum atomic E-state index is -3.81. The van der Waals surface area contributed by atoms with Gasteiger partial charge in [0.25, 0.3) is 15.9 Å². The molecule has 29 heavy (non-hydrogen) atoms. The molecule has 1 amide bonds. The second-order valence-electron chi connectivity index (χ2n) is 6.04. The number of sulfonamides is 1. The van der Waals surface area contributed by atoms with Crippen LogP contribution in [0.15, 0.2) is 53.4 Å². The van der Waals surface area contributed by atoms with Crippen molar-refractivity contribution in [3.8, 4) is 5.75 Å². The summed E-state index contributed by atoms with van der Waals surface area (Å²) in [5.41, 5.74) is 0.714. The maximum Gasteiger partial charge on any atom is 0.262 e. The largest absolute Gasteiger partial charge is 0.495 e. The number of carbonyl (C=O) groups excluding carboxylic acids is 1. The fourth-order valence-corrected chi connectivity index (χ4v) is 3.51. The lowest BCUT2D eigenvalue weighted by Crippen LogP contribution is -2.25. The summed E-state index contributed by atoms with van der Waals surface area (Å²) in [6.07, 6.45) is 0.671. The van der Waals surface area contributed by atoms with Crippen LogP contribution in [0.25, 0.3) is 0 Å². The van der Waals surface area contributed by atoms with Crippen molar-refractivity contribution in [1.82, 2.24) is 5.32 Å². The van der Waals surface area contributed by atoms with E-state index < -0.39 is 10.0 Å². The third-order valence-corrected chi connectivity index (χ3v) is 5.34. The van der Waals surface area contributed by atoms with Crippen LogP contribution in [0.2, 0.25) is 0 Å².